The number of carbonyl (C=O) groups excluding carboxylic acids is 1. The second kappa shape index (κ2) is 10.9. The van der Waals surface area contributed by atoms with E-state index in [4.69, 9.17) is 14.2 Å². The zero-order valence-corrected chi connectivity index (χ0v) is 17.7. The van der Waals surface area contributed by atoms with Crippen LogP contribution in [0.15, 0.2) is 27.2 Å². The van der Waals surface area contributed by atoms with Gasteiger partial charge >= 0.3 is 5.97 Å². The SMILES string of the molecule is CCOC(=O)C(C=N[C@@H](CO)C(C)C)=C(O)c1cc(Br)c(OC)cc1OC. The first-order valence-electron chi connectivity index (χ1n) is 8.46. The highest BCUT2D eigenvalue weighted by Gasteiger charge is 2.21. The number of ether oxygens (including phenoxy) is 3. The van der Waals surface area contributed by atoms with Crippen LogP contribution >= 0.6 is 15.9 Å². The number of halogens is 1. The minimum absolute atomic E-state index is 0.0569. The molecule has 0 aromatic heterocycles. The minimum Gasteiger partial charge on any atom is -0.506 e. The van der Waals surface area contributed by atoms with E-state index in [2.05, 4.69) is 20.9 Å². The summed E-state index contributed by atoms with van der Waals surface area (Å²) in [7, 11) is 2.95. The summed E-state index contributed by atoms with van der Waals surface area (Å²) in [5.74, 6) is -0.201. The number of nitrogens with zero attached hydrogens (tertiary/aromatic N) is 1. The molecule has 0 radical (unpaired) electrons. The number of esters is 1. The lowest BCUT2D eigenvalue weighted by atomic mass is 10.1. The first-order valence-corrected chi connectivity index (χ1v) is 9.26. The summed E-state index contributed by atoms with van der Waals surface area (Å²) in [6, 6.07) is 2.75. The molecule has 0 fully saturated rings. The Labute approximate surface area is 167 Å². The molecule has 0 aliphatic carbocycles. The molecule has 150 valence electrons. The summed E-state index contributed by atoms with van der Waals surface area (Å²) < 4.78 is 16.1. The summed E-state index contributed by atoms with van der Waals surface area (Å²) in [5.41, 5.74) is 0.135. The van der Waals surface area contributed by atoms with Crippen LogP contribution in [0.4, 0.5) is 0 Å². The molecule has 0 amide bonds. The van der Waals surface area contributed by atoms with Crippen molar-refractivity contribution in [2.45, 2.75) is 26.8 Å². The summed E-state index contributed by atoms with van der Waals surface area (Å²) >= 11 is 3.35. The van der Waals surface area contributed by atoms with Gasteiger partial charge in [-0.25, -0.2) is 4.79 Å². The molecule has 0 saturated carbocycles. The van der Waals surface area contributed by atoms with E-state index in [1.807, 2.05) is 13.8 Å². The Morgan fingerprint density at radius 3 is 2.37 bits per heavy atom. The average Bonchev–Trinajstić information content (AvgIpc) is 2.64. The summed E-state index contributed by atoms with van der Waals surface area (Å²) in [5, 5.41) is 20.2. The maximum Gasteiger partial charge on any atom is 0.343 e. The van der Waals surface area contributed by atoms with E-state index in [9.17, 15) is 15.0 Å². The lowest BCUT2D eigenvalue weighted by Crippen LogP contribution is -2.19. The van der Waals surface area contributed by atoms with Crippen LogP contribution in [0.2, 0.25) is 0 Å². The van der Waals surface area contributed by atoms with Gasteiger partial charge in [0.25, 0.3) is 0 Å². The first-order chi connectivity index (χ1) is 12.8. The van der Waals surface area contributed by atoms with Gasteiger partial charge in [0.05, 0.1) is 43.5 Å². The maximum absolute atomic E-state index is 12.4. The minimum atomic E-state index is -0.729. The average molecular weight is 444 g/mol. The van der Waals surface area contributed by atoms with Gasteiger partial charge in [0.15, 0.2) is 0 Å². The Kier molecular flexibility index (Phi) is 9.31. The third-order valence-electron chi connectivity index (χ3n) is 3.83. The monoisotopic (exact) mass is 443 g/mol. The molecule has 0 aliphatic rings. The second-order valence-electron chi connectivity index (χ2n) is 5.94. The van der Waals surface area contributed by atoms with Gasteiger partial charge in [-0.3, -0.25) is 4.99 Å². The van der Waals surface area contributed by atoms with E-state index in [1.165, 1.54) is 20.4 Å². The van der Waals surface area contributed by atoms with E-state index < -0.39 is 12.0 Å². The molecule has 2 N–H and O–H groups in total. The van der Waals surface area contributed by atoms with Crippen molar-refractivity contribution in [2.75, 3.05) is 27.4 Å². The van der Waals surface area contributed by atoms with Crippen LogP contribution in [0.1, 0.15) is 26.3 Å². The van der Waals surface area contributed by atoms with E-state index in [1.54, 1.807) is 19.1 Å². The summed E-state index contributed by atoms with van der Waals surface area (Å²) in [4.78, 5) is 16.6. The number of aliphatic imine (C=N–C) groups is 1. The standard InChI is InChI=1S/C19H26BrNO6/c1-6-27-19(24)13(9-21-15(10-22)11(2)3)18(23)12-7-14(20)17(26-5)8-16(12)25-4/h7-9,11,15,22-23H,6,10H2,1-5H3/t15-/m0/s1. The highest BCUT2D eigenvalue weighted by atomic mass is 79.9. The molecule has 27 heavy (non-hydrogen) atoms. The number of aliphatic hydroxyl groups is 2. The zero-order chi connectivity index (χ0) is 20.6. The van der Waals surface area contributed by atoms with Crippen molar-refractivity contribution >= 4 is 33.9 Å². The van der Waals surface area contributed by atoms with Gasteiger partial charge in [-0.05, 0) is 34.8 Å². The molecule has 0 bridgehead atoms. The lowest BCUT2D eigenvalue weighted by Gasteiger charge is -2.15. The Morgan fingerprint density at radius 2 is 1.89 bits per heavy atom. The molecule has 0 spiro atoms. The van der Waals surface area contributed by atoms with Crippen LogP contribution < -0.4 is 9.47 Å². The molecule has 1 aromatic rings. The van der Waals surface area contributed by atoms with Crippen molar-refractivity contribution in [2.24, 2.45) is 10.9 Å². The molecule has 1 atom stereocenters. The number of hydrogen-bond acceptors (Lipinski definition) is 7. The van der Waals surface area contributed by atoms with Crippen molar-refractivity contribution in [3.05, 3.63) is 27.7 Å². The van der Waals surface area contributed by atoms with Crippen molar-refractivity contribution < 1.29 is 29.2 Å². The number of hydrogen-bond donors (Lipinski definition) is 2. The number of rotatable bonds is 9. The molecule has 0 heterocycles. The Balaban J connectivity index is 3.54. The molecular formula is C19H26BrNO6. The van der Waals surface area contributed by atoms with Gasteiger partial charge in [0.2, 0.25) is 0 Å². The van der Waals surface area contributed by atoms with Crippen LogP contribution in [0.5, 0.6) is 11.5 Å². The van der Waals surface area contributed by atoms with Gasteiger partial charge in [0, 0.05) is 12.3 Å². The fourth-order valence-corrected chi connectivity index (χ4v) is 2.72. The van der Waals surface area contributed by atoms with Gasteiger partial charge in [-0.1, -0.05) is 13.8 Å². The molecule has 1 aromatic carbocycles. The fourth-order valence-electron chi connectivity index (χ4n) is 2.21. The van der Waals surface area contributed by atoms with Crippen molar-refractivity contribution in [1.29, 1.82) is 0 Å². The van der Waals surface area contributed by atoms with Crippen molar-refractivity contribution in [1.82, 2.24) is 0 Å². The predicted octanol–water partition coefficient (Wildman–Crippen LogP) is 3.39. The maximum atomic E-state index is 12.4. The van der Waals surface area contributed by atoms with Gasteiger partial charge < -0.3 is 24.4 Å². The highest BCUT2D eigenvalue weighted by Crippen LogP contribution is 2.36. The number of aliphatic hydroxyl groups excluding tert-OH is 2. The highest BCUT2D eigenvalue weighted by molar-refractivity contribution is 9.10. The van der Waals surface area contributed by atoms with E-state index in [-0.39, 0.29) is 36.0 Å². The zero-order valence-electron chi connectivity index (χ0n) is 16.2. The molecule has 1 rings (SSSR count). The summed E-state index contributed by atoms with van der Waals surface area (Å²) in [6.07, 6.45) is 1.23. The quantitative estimate of drug-likeness (QED) is 0.262. The van der Waals surface area contributed by atoms with E-state index in [0.29, 0.717) is 16.0 Å². The Bertz CT molecular complexity index is 714. The van der Waals surface area contributed by atoms with Gasteiger partial charge in [-0.2, -0.15) is 0 Å². The van der Waals surface area contributed by atoms with E-state index >= 15 is 0 Å². The first kappa shape index (κ1) is 23.0. The van der Waals surface area contributed by atoms with Gasteiger partial charge in [-0.15, -0.1) is 0 Å². The number of benzene rings is 1. The van der Waals surface area contributed by atoms with Crippen molar-refractivity contribution in [3.8, 4) is 11.5 Å². The molecule has 0 aliphatic heterocycles. The number of methoxy groups -OCH3 is 2. The summed E-state index contributed by atoms with van der Waals surface area (Å²) in [6.45, 7) is 5.42. The van der Waals surface area contributed by atoms with Crippen LogP contribution in [0, 0.1) is 5.92 Å². The van der Waals surface area contributed by atoms with Crippen LogP contribution in [-0.4, -0.2) is 55.9 Å². The molecule has 0 saturated heterocycles. The van der Waals surface area contributed by atoms with E-state index in [0.717, 1.165) is 0 Å². The van der Waals surface area contributed by atoms with Crippen LogP contribution in [-0.2, 0) is 9.53 Å². The third-order valence-corrected chi connectivity index (χ3v) is 4.45. The van der Waals surface area contributed by atoms with Crippen molar-refractivity contribution in [3.63, 3.8) is 0 Å². The smallest absolute Gasteiger partial charge is 0.343 e. The third kappa shape index (κ3) is 5.97. The topological polar surface area (TPSA) is 97.6 Å². The largest absolute Gasteiger partial charge is 0.506 e. The van der Waals surface area contributed by atoms with Crippen LogP contribution in [0.3, 0.4) is 0 Å². The van der Waals surface area contributed by atoms with Crippen LogP contribution in [0.25, 0.3) is 5.76 Å². The fraction of sp³-hybridized carbons (Fsp3) is 0.474. The molecule has 7 nitrogen and oxygen atoms in total. The molecule has 0 unspecified atom stereocenters. The lowest BCUT2D eigenvalue weighted by molar-refractivity contribution is -0.137. The Morgan fingerprint density at radius 1 is 1.26 bits per heavy atom. The Hall–Kier alpha value is -2.06. The molecular weight excluding hydrogens is 418 g/mol. The normalized spacial score (nSPS) is 13.5. The predicted molar refractivity (Wildman–Crippen MR) is 108 cm³/mol. The second-order valence-corrected chi connectivity index (χ2v) is 6.80. The number of carbonyl (C=O) groups is 1. The molecule has 8 heteroatoms. The van der Waals surface area contributed by atoms with Gasteiger partial charge in [0.1, 0.15) is 22.8 Å².